The third-order valence-corrected chi connectivity index (χ3v) is 9.18. The SMILES string of the molecule is CC#CC(C(=O)O)P(=O)(C1CCCC1)C1CCCC1. The third kappa shape index (κ3) is 2.75. The molecule has 2 aliphatic rings. The van der Waals surface area contributed by atoms with Crippen molar-refractivity contribution in [3.63, 3.8) is 0 Å². The van der Waals surface area contributed by atoms with Crippen LogP contribution in [0.25, 0.3) is 0 Å². The standard InChI is InChI=1S/C15H23O3P/c1-2-7-14(15(16)17)19(18,12-8-3-4-9-12)13-10-5-6-11-13/h12-14H,3-6,8-11H2,1H3,(H,16,17). The first kappa shape index (κ1) is 14.7. The van der Waals surface area contributed by atoms with Crippen LogP contribution in [0, 0.1) is 11.8 Å². The van der Waals surface area contributed by atoms with E-state index in [-0.39, 0.29) is 11.3 Å². The molecule has 2 aliphatic carbocycles. The predicted molar refractivity (Wildman–Crippen MR) is 77.0 cm³/mol. The second-order valence-corrected chi connectivity index (χ2v) is 9.28. The first-order valence-electron chi connectivity index (χ1n) is 7.35. The molecule has 3 nitrogen and oxygen atoms in total. The molecule has 1 N–H and O–H groups in total. The predicted octanol–water partition coefficient (Wildman–Crippen LogP) is 3.71. The van der Waals surface area contributed by atoms with E-state index in [2.05, 4.69) is 11.8 Å². The topological polar surface area (TPSA) is 54.4 Å². The van der Waals surface area contributed by atoms with Crippen LogP contribution in [0.2, 0.25) is 0 Å². The molecular formula is C15H23O3P. The fourth-order valence-corrected chi connectivity index (χ4v) is 8.27. The summed E-state index contributed by atoms with van der Waals surface area (Å²) < 4.78 is 13.7. The molecule has 4 heteroatoms. The smallest absolute Gasteiger partial charge is 0.326 e. The van der Waals surface area contributed by atoms with Crippen LogP contribution in [-0.2, 0) is 9.36 Å². The molecule has 1 atom stereocenters. The largest absolute Gasteiger partial charge is 0.480 e. The van der Waals surface area contributed by atoms with Crippen molar-refractivity contribution in [2.24, 2.45) is 0 Å². The van der Waals surface area contributed by atoms with Crippen LogP contribution in [0.4, 0.5) is 0 Å². The molecule has 0 aromatic carbocycles. The quantitative estimate of drug-likeness (QED) is 0.631. The maximum absolute atomic E-state index is 13.7. The van der Waals surface area contributed by atoms with E-state index in [1.54, 1.807) is 6.92 Å². The van der Waals surface area contributed by atoms with E-state index in [1.165, 1.54) is 0 Å². The Morgan fingerprint density at radius 3 is 1.84 bits per heavy atom. The summed E-state index contributed by atoms with van der Waals surface area (Å²) in [6.45, 7) is 1.64. The molecule has 0 saturated heterocycles. The number of carbonyl (C=O) groups is 1. The van der Waals surface area contributed by atoms with Gasteiger partial charge >= 0.3 is 5.97 Å². The summed E-state index contributed by atoms with van der Waals surface area (Å²) >= 11 is 0. The summed E-state index contributed by atoms with van der Waals surface area (Å²) in [7, 11) is -2.77. The number of hydrogen-bond acceptors (Lipinski definition) is 2. The maximum atomic E-state index is 13.7. The van der Waals surface area contributed by atoms with Gasteiger partial charge in [0.05, 0.1) is 0 Å². The molecule has 0 aromatic heterocycles. The molecule has 0 aliphatic heterocycles. The maximum Gasteiger partial charge on any atom is 0.326 e. The average Bonchev–Trinajstić information content (AvgIpc) is 3.05. The zero-order chi connectivity index (χ0) is 13.9. The summed E-state index contributed by atoms with van der Waals surface area (Å²) in [4.78, 5) is 11.6. The van der Waals surface area contributed by atoms with Crippen molar-refractivity contribution in [2.75, 3.05) is 0 Å². The highest BCUT2D eigenvalue weighted by molar-refractivity contribution is 7.67. The molecule has 0 radical (unpaired) electrons. The van der Waals surface area contributed by atoms with Gasteiger partial charge in [0.1, 0.15) is 7.14 Å². The van der Waals surface area contributed by atoms with Crippen LogP contribution < -0.4 is 0 Å². The van der Waals surface area contributed by atoms with E-state index >= 15 is 0 Å². The highest BCUT2D eigenvalue weighted by Crippen LogP contribution is 2.66. The van der Waals surface area contributed by atoms with Gasteiger partial charge in [0, 0.05) is 11.3 Å². The van der Waals surface area contributed by atoms with Gasteiger partial charge < -0.3 is 9.67 Å². The fraction of sp³-hybridized carbons (Fsp3) is 0.800. The molecule has 2 saturated carbocycles. The Hall–Kier alpha value is -0.740. The third-order valence-electron chi connectivity index (χ3n) is 4.71. The number of hydrogen-bond donors (Lipinski definition) is 1. The van der Waals surface area contributed by atoms with E-state index in [0.29, 0.717) is 0 Å². The zero-order valence-electron chi connectivity index (χ0n) is 11.6. The van der Waals surface area contributed by atoms with Crippen molar-refractivity contribution in [2.45, 2.75) is 75.3 Å². The van der Waals surface area contributed by atoms with E-state index in [0.717, 1.165) is 51.4 Å². The Kier molecular flexibility index (Phi) is 4.74. The Morgan fingerprint density at radius 1 is 1.11 bits per heavy atom. The monoisotopic (exact) mass is 282 g/mol. The fourth-order valence-electron chi connectivity index (χ4n) is 3.81. The summed E-state index contributed by atoms with van der Waals surface area (Å²) in [5.41, 5.74) is -0.709. The van der Waals surface area contributed by atoms with Crippen molar-refractivity contribution in [3.8, 4) is 11.8 Å². The van der Waals surface area contributed by atoms with E-state index in [4.69, 9.17) is 0 Å². The first-order valence-corrected chi connectivity index (χ1v) is 9.26. The minimum absolute atomic E-state index is 0.109. The summed E-state index contributed by atoms with van der Waals surface area (Å²) in [6.07, 6.45) is 8.10. The second-order valence-electron chi connectivity index (χ2n) is 5.78. The number of rotatable bonds is 4. The highest BCUT2D eigenvalue weighted by Gasteiger charge is 2.50. The Morgan fingerprint density at radius 2 is 1.53 bits per heavy atom. The minimum atomic E-state index is -2.77. The van der Waals surface area contributed by atoms with Gasteiger partial charge in [-0.3, -0.25) is 4.79 Å². The van der Waals surface area contributed by atoms with Crippen molar-refractivity contribution >= 4 is 13.1 Å². The van der Waals surface area contributed by atoms with Gasteiger partial charge in [-0.1, -0.05) is 31.6 Å². The summed E-state index contributed by atoms with van der Waals surface area (Å²) in [5, 5.41) is 9.49. The highest BCUT2D eigenvalue weighted by atomic mass is 31.2. The number of carboxylic acid groups (broad SMARTS) is 1. The van der Waals surface area contributed by atoms with Crippen molar-refractivity contribution in [3.05, 3.63) is 0 Å². The van der Waals surface area contributed by atoms with Gasteiger partial charge in [-0.05, 0) is 32.6 Å². The molecule has 106 valence electrons. The van der Waals surface area contributed by atoms with E-state index < -0.39 is 18.8 Å². The van der Waals surface area contributed by atoms with Gasteiger partial charge in [0.2, 0.25) is 0 Å². The zero-order valence-corrected chi connectivity index (χ0v) is 12.5. The lowest BCUT2D eigenvalue weighted by molar-refractivity contribution is -0.135. The Balaban J connectivity index is 2.38. The van der Waals surface area contributed by atoms with Gasteiger partial charge in [-0.15, -0.1) is 5.92 Å². The molecule has 0 aromatic rings. The second kappa shape index (κ2) is 6.14. The van der Waals surface area contributed by atoms with Crippen molar-refractivity contribution in [1.29, 1.82) is 0 Å². The molecule has 0 amide bonds. The van der Waals surface area contributed by atoms with Crippen LogP contribution in [0.5, 0.6) is 0 Å². The van der Waals surface area contributed by atoms with Crippen LogP contribution in [0.1, 0.15) is 58.3 Å². The van der Waals surface area contributed by atoms with E-state index in [9.17, 15) is 14.5 Å². The lowest BCUT2D eigenvalue weighted by atomic mass is 10.3. The van der Waals surface area contributed by atoms with Gasteiger partial charge in [-0.2, -0.15) is 0 Å². The van der Waals surface area contributed by atoms with Crippen LogP contribution in [0.15, 0.2) is 0 Å². The van der Waals surface area contributed by atoms with Gasteiger partial charge in [0.25, 0.3) is 0 Å². The Labute approximate surface area is 115 Å². The van der Waals surface area contributed by atoms with Crippen LogP contribution in [0.3, 0.4) is 0 Å². The van der Waals surface area contributed by atoms with Crippen LogP contribution >= 0.6 is 7.14 Å². The molecular weight excluding hydrogens is 259 g/mol. The van der Waals surface area contributed by atoms with Crippen molar-refractivity contribution < 1.29 is 14.5 Å². The Bertz CT molecular complexity index is 414. The molecule has 2 fully saturated rings. The average molecular weight is 282 g/mol. The molecule has 0 heterocycles. The molecule has 2 rings (SSSR count). The van der Waals surface area contributed by atoms with Crippen molar-refractivity contribution in [1.82, 2.24) is 0 Å². The molecule has 19 heavy (non-hydrogen) atoms. The summed E-state index contributed by atoms with van der Waals surface area (Å²) in [6, 6.07) is 0. The van der Waals surface area contributed by atoms with Gasteiger partial charge in [-0.25, -0.2) is 0 Å². The number of carboxylic acids is 1. The first-order chi connectivity index (χ1) is 9.10. The molecule has 1 unspecified atom stereocenters. The van der Waals surface area contributed by atoms with Gasteiger partial charge in [0.15, 0.2) is 5.66 Å². The molecule has 0 spiro atoms. The number of aliphatic carboxylic acids is 1. The normalized spacial score (nSPS) is 23.0. The van der Waals surface area contributed by atoms with E-state index in [1.807, 2.05) is 0 Å². The lowest BCUT2D eigenvalue weighted by Crippen LogP contribution is -2.29. The summed E-state index contributed by atoms with van der Waals surface area (Å²) in [5.74, 6) is 4.49. The van der Waals surface area contributed by atoms with Crippen LogP contribution in [-0.4, -0.2) is 28.1 Å². The minimum Gasteiger partial charge on any atom is -0.480 e. The lowest BCUT2D eigenvalue weighted by Gasteiger charge is -2.32. The molecule has 0 bridgehead atoms.